The predicted octanol–water partition coefficient (Wildman–Crippen LogP) is 1.10. The molecule has 2 aromatic rings. The van der Waals surface area contributed by atoms with Crippen molar-refractivity contribution >= 4 is 22.6 Å². The van der Waals surface area contributed by atoms with Gasteiger partial charge in [-0.2, -0.15) is 0 Å². The van der Waals surface area contributed by atoms with Crippen LogP contribution >= 0.6 is 11.6 Å². The van der Waals surface area contributed by atoms with Gasteiger partial charge in [-0.25, -0.2) is 4.98 Å². The molecule has 0 aromatic carbocycles. The van der Waals surface area contributed by atoms with Crippen LogP contribution in [0, 0.1) is 0 Å². The smallest absolute Gasteiger partial charge is 0.201 e. The van der Waals surface area contributed by atoms with Crippen molar-refractivity contribution in [2.45, 2.75) is 6.61 Å². The maximum atomic E-state index is 8.89. The molecule has 0 aliphatic carbocycles. The normalized spacial score (nSPS) is 10.8. The Labute approximate surface area is 73.2 Å². The van der Waals surface area contributed by atoms with Gasteiger partial charge in [0.25, 0.3) is 0 Å². The highest BCUT2D eigenvalue weighted by Crippen LogP contribution is 2.16. The molecule has 5 heteroatoms. The number of aliphatic hydroxyl groups excluding tert-OH is 1. The Balaban J connectivity index is 2.78. The lowest BCUT2D eigenvalue weighted by atomic mass is 10.3. The van der Waals surface area contributed by atoms with E-state index in [1.165, 1.54) is 0 Å². The average molecular weight is 184 g/mol. The lowest BCUT2D eigenvalue weighted by Crippen LogP contribution is -1.89. The number of pyridine rings is 1. The summed E-state index contributed by atoms with van der Waals surface area (Å²) in [6.07, 6.45) is 1.60. The van der Waals surface area contributed by atoms with Gasteiger partial charge in [-0.1, -0.05) is 0 Å². The summed E-state index contributed by atoms with van der Waals surface area (Å²) in [5, 5.41) is 9.20. The summed E-state index contributed by atoms with van der Waals surface area (Å²) in [7, 11) is 0. The Morgan fingerprint density at radius 2 is 2.42 bits per heavy atom. The zero-order valence-electron chi connectivity index (χ0n) is 6.08. The highest BCUT2D eigenvalue weighted by Gasteiger charge is 2.05. The van der Waals surface area contributed by atoms with E-state index in [0.717, 1.165) is 5.52 Å². The van der Waals surface area contributed by atoms with E-state index in [2.05, 4.69) is 15.0 Å². The number of aromatic nitrogens is 3. The minimum Gasteiger partial charge on any atom is -0.390 e. The Hall–Kier alpha value is -1.13. The fourth-order valence-corrected chi connectivity index (χ4v) is 1.26. The molecule has 0 aliphatic rings. The molecule has 0 unspecified atom stereocenters. The largest absolute Gasteiger partial charge is 0.390 e. The number of nitrogens with one attached hydrogen (secondary N) is 1. The molecule has 2 heterocycles. The van der Waals surface area contributed by atoms with Crippen molar-refractivity contribution in [3.8, 4) is 0 Å². The van der Waals surface area contributed by atoms with Crippen LogP contribution in [0.1, 0.15) is 5.69 Å². The SMILES string of the molecule is OCc1nccc2[nH]c(Cl)nc12. The Morgan fingerprint density at radius 3 is 3.17 bits per heavy atom. The third kappa shape index (κ3) is 1.05. The fraction of sp³-hybridized carbons (Fsp3) is 0.143. The van der Waals surface area contributed by atoms with E-state index in [1.807, 2.05) is 0 Å². The molecule has 2 N–H and O–H groups in total. The Kier molecular flexibility index (Phi) is 1.71. The van der Waals surface area contributed by atoms with E-state index in [0.29, 0.717) is 16.5 Å². The van der Waals surface area contributed by atoms with Gasteiger partial charge in [-0.05, 0) is 17.7 Å². The van der Waals surface area contributed by atoms with Crippen LogP contribution in [-0.4, -0.2) is 20.1 Å². The van der Waals surface area contributed by atoms with Gasteiger partial charge in [0.2, 0.25) is 5.28 Å². The second kappa shape index (κ2) is 2.73. The zero-order valence-corrected chi connectivity index (χ0v) is 6.84. The van der Waals surface area contributed by atoms with Gasteiger partial charge >= 0.3 is 0 Å². The van der Waals surface area contributed by atoms with E-state index in [1.54, 1.807) is 12.3 Å². The van der Waals surface area contributed by atoms with Crippen molar-refractivity contribution in [3.63, 3.8) is 0 Å². The molecule has 0 atom stereocenters. The Morgan fingerprint density at radius 1 is 1.58 bits per heavy atom. The predicted molar refractivity (Wildman–Crippen MR) is 44.8 cm³/mol. The molecular formula is C7H6ClN3O. The van der Waals surface area contributed by atoms with Gasteiger partial charge in [-0.3, -0.25) is 4.98 Å². The molecule has 0 bridgehead atoms. The summed E-state index contributed by atoms with van der Waals surface area (Å²) in [4.78, 5) is 10.8. The molecule has 0 radical (unpaired) electrons. The number of halogens is 1. The number of aromatic amines is 1. The number of hydrogen-bond donors (Lipinski definition) is 2. The van der Waals surface area contributed by atoms with Crippen molar-refractivity contribution in [1.29, 1.82) is 0 Å². The molecule has 62 valence electrons. The highest BCUT2D eigenvalue weighted by molar-refractivity contribution is 6.29. The van der Waals surface area contributed by atoms with Crippen LogP contribution in [0.25, 0.3) is 11.0 Å². The van der Waals surface area contributed by atoms with Gasteiger partial charge in [0, 0.05) is 6.20 Å². The first-order valence-electron chi connectivity index (χ1n) is 3.41. The van der Waals surface area contributed by atoms with Crippen LogP contribution in [0.5, 0.6) is 0 Å². The number of imidazole rings is 1. The molecule has 0 fully saturated rings. The van der Waals surface area contributed by atoms with Gasteiger partial charge < -0.3 is 10.1 Å². The standard InChI is InChI=1S/C7H6ClN3O/c8-7-10-4-1-2-9-5(3-12)6(4)11-7/h1-2,12H,3H2,(H,10,11). The molecule has 2 aromatic heterocycles. The zero-order chi connectivity index (χ0) is 8.55. The van der Waals surface area contributed by atoms with Crippen molar-refractivity contribution in [1.82, 2.24) is 15.0 Å². The molecule has 2 rings (SSSR count). The first-order chi connectivity index (χ1) is 5.81. The number of H-pyrrole nitrogens is 1. The minimum atomic E-state index is -0.126. The highest BCUT2D eigenvalue weighted by atomic mass is 35.5. The molecule has 0 aliphatic heterocycles. The van der Waals surface area contributed by atoms with E-state index in [9.17, 15) is 0 Å². The number of nitrogens with zero attached hydrogens (tertiary/aromatic N) is 2. The average Bonchev–Trinajstić information content (AvgIpc) is 2.44. The number of fused-ring (bicyclic) bond motifs is 1. The maximum Gasteiger partial charge on any atom is 0.201 e. The summed E-state index contributed by atoms with van der Waals surface area (Å²) in [6.45, 7) is -0.126. The molecule has 12 heavy (non-hydrogen) atoms. The van der Waals surface area contributed by atoms with E-state index < -0.39 is 0 Å². The van der Waals surface area contributed by atoms with Crippen LogP contribution in [0.4, 0.5) is 0 Å². The van der Waals surface area contributed by atoms with Gasteiger partial charge in [-0.15, -0.1) is 0 Å². The van der Waals surface area contributed by atoms with Crippen LogP contribution in [0.2, 0.25) is 5.28 Å². The molecule has 4 nitrogen and oxygen atoms in total. The Bertz CT molecular complexity index is 412. The molecular weight excluding hydrogens is 178 g/mol. The second-order valence-electron chi connectivity index (χ2n) is 2.34. The molecule has 0 amide bonds. The van der Waals surface area contributed by atoms with E-state index >= 15 is 0 Å². The molecule has 0 spiro atoms. The molecule has 0 saturated heterocycles. The van der Waals surface area contributed by atoms with Gasteiger partial charge in [0.05, 0.1) is 17.8 Å². The van der Waals surface area contributed by atoms with Crippen LogP contribution < -0.4 is 0 Å². The first-order valence-corrected chi connectivity index (χ1v) is 3.79. The van der Waals surface area contributed by atoms with Crippen molar-refractivity contribution in [2.24, 2.45) is 0 Å². The van der Waals surface area contributed by atoms with Crippen molar-refractivity contribution in [2.75, 3.05) is 0 Å². The topological polar surface area (TPSA) is 61.8 Å². The van der Waals surface area contributed by atoms with Crippen molar-refractivity contribution < 1.29 is 5.11 Å². The lowest BCUT2D eigenvalue weighted by Gasteiger charge is -1.93. The number of rotatable bonds is 1. The summed E-state index contributed by atoms with van der Waals surface area (Å²) in [5.41, 5.74) is 1.96. The maximum absolute atomic E-state index is 8.89. The lowest BCUT2D eigenvalue weighted by molar-refractivity contribution is 0.278. The summed E-state index contributed by atoms with van der Waals surface area (Å²) >= 11 is 5.64. The van der Waals surface area contributed by atoms with Gasteiger partial charge in [0.15, 0.2) is 0 Å². The first kappa shape index (κ1) is 7.52. The minimum absolute atomic E-state index is 0.126. The summed E-state index contributed by atoms with van der Waals surface area (Å²) in [5.74, 6) is 0. The van der Waals surface area contributed by atoms with Crippen LogP contribution in [0.15, 0.2) is 12.3 Å². The number of hydrogen-bond acceptors (Lipinski definition) is 3. The third-order valence-electron chi connectivity index (χ3n) is 1.60. The van der Waals surface area contributed by atoms with E-state index in [4.69, 9.17) is 16.7 Å². The number of aliphatic hydroxyl groups is 1. The monoisotopic (exact) mass is 183 g/mol. The van der Waals surface area contributed by atoms with Crippen LogP contribution in [0.3, 0.4) is 0 Å². The van der Waals surface area contributed by atoms with Gasteiger partial charge in [0.1, 0.15) is 5.52 Å². The van der Waals surface area contributed by atoms with Crippen LogP contribution in [-0.2, 0) is 6.61 Å². The molecule has 0 saturated carbocycles. The summed E-state index contributed by atoms with van der Waals surface area (Å²) in [6, 6.07) is 1.76. The van der Waals surface area contributed by atoms with Crippen molar-refractivity contribution in [3.05, 3.63) is 23.2 Å². The van der Waals surface area contributed by atoms with E-state index in [-0.39, 0.29) is 6.61 Å². The third-order valence-corrected chi connectivity index (χ3v) is 1.78. The quantitative estimate of drug-likeness (QED) is 0.696. The second-order valence-corrected chi connectivity index (χ2v) is 2.70. The summed E-state index contributed by atoms with van der Waals surface area (Å²) < 4.78 is 0. The fourth-order valence-electron chi connectivity index (χ4n) is 1.08.